The van der Waals surface area contributed by atoms with Gasteiger partial charge in [0.15, 0.2) is 5.82 Å². The number of aromatic nitrogens is 3. The molecule has 7 nitrogen and oxygen atoms in total. The van der Waals surface area contributed by atoms with Gasteiger partial charge in [0, 0.05) is 44.8 Å². The summed E-state index contributed by atoms with van der Waals surface area (Å²) in [6, 6.07) is 8.35. The predicted molar refractivity (Wildman–Crippen MR) is 95.3 cm³/mol. The number of hydrogen-bond acceptors (Lipinski definition) is 4. The summed E-state index contributed by atoms with van der Waals surface area (Å²) in [5, 5.41) is 11.4. The molecule has 1 unspecified atom stereocenters. The standard InChI is InChI=1S/C18H24N6O/c1-13-11-22(2)15-7-4-3-6-14(15)12-24(13)18(25)19-10-17-21-20-16-8-5-9-23(16)17/h3-4,6-7,13H,5,8-12H2,1-2H3,(H,19,25). The van der Waals surface area contributed by atoms with Gasteiger partial charge in [-0.3, -0.25) is 0 Å². The second-order valence-electron chi connectivity index (χ2n) is 6.93. The smallest absolute Gasteiger partial charge is 0.318 e. The van der Waals surface area contributed by atoms with Gasteiger partial charge < -0.3 is 19.7 Å². The molecule has 0 spiro atoms. The molecule has 0 aliphatic carbocycles. The molecular formula is C18H24N6O. The van der Waals surface area contributed by atoms with E-state index in [9.17, 15) is 4.79 Å². The number of carbonyl (C=O) groups excluding carboxylic acids is 1. The number of nitrogens with one attached hydrogen (secondary N) is 1. The first-order valence-corrected chi connectivity index (χ1v) is 8.88. The van der Waals surface area contributed by atoms with E-state index in [0.717, 1.165) is 37.6 Å². The van der Waals surface area contributed by atoms with Crippen LogP contribution >= 0.6 is 0 Å². The third-order valence-electron chi connectivity index (χ3n) is 5.16. The van der Waals surface area contributed by atoms with Crippen molar-refractivity contribution in [1.82, 2.24) is 25.0 Å². The third kappa shape index (κ3) is 2.94. The van der Waals surface area contributed by atoms with E-state index in [1.165, 1.54) is 11.3 Å². The van der Waals surface area contributed by atoms with Gasteiger partial charge >= 0.3 is 6.03 Å². The molecule has 2 amide bonds. The molecule has 2 aliphatic heterocycles. The molecule has 3 heterocycles. The van der Waals surface area contributed by atoms with Crippen LogP contribution in [0.25, 0.3) is 0 Å². The average molecular weight is 340 g/mol. The highest BCUT2D eigenvalue weighted by atomic mass is 16.2. The normalized spacial score (nSPS) is 19.4. The molecule has 25 heavy (non-hydrogen) atoms. The minimum Gasteiger partial charge on any atom is -0.372 e. The molecule has 0 bridgehead atoms. The van der Waals surface area contributed by atoms with Gasteiger partial charge in [0.25, 0.3) is 0 Å². The molecule has 1 aromatic carbocycles. The molecule has 1 N–H and O–H groups in total. The van der Waals surface area contributed by atoms with E-state index in [1.54, 1.807) is 0 Å². The van der Waals surface area contributed by atoms with Gasteiger partial charge in [-0.15, -0.1) is 10.2 Å². The first kappa shape index (κ1) is 15.9. The Morgan fingerprint density at radius 2 is 2.16 bits per heavy atom. The number of fused-ring (bicyclic) bond motifs is 2. The maximum atomic E-state index is 12.8. The number of aryl methyl sites for hydroxylation is 1. The summed E-state index contributed by atoms with van der Waals surface area (Å²) < 4.78 is 2.12. The maximum absolute atomic E-state index is 12.8. The molecular weight excluding hydrogens is 316 g/mol. The molecule has 1 atom stereocenters. The van der Waals surface area contributed by atoms with Crippen molar-refractivity contribution < 1.29 is 4.79 Å². The third-order valence-corrected chi connectivity index (χ3v) is 5.16. The molecule has 2 aromatic rings. The lowest BCUT2D eigenvalue weighted by molar-refractivity contribution is 0.177. The zero-order chi connectivity index (χ0) is 17.4. The minimum atomic E-state index is -0.0482. The Morgan fingerprint density at radius 1 is 1.32 bits per heavy atom. The lowest BCUT2D eigenvalue weighted by Gasteiger charge is -2.28. The van der Waals surface area contributed by atoms with Gasteiger partial charge in [-0.25, -0.2) is 4.79 Å². The summed E-state index contributed by atoms with van der Waals surface area (Å²) in [4.78, 5) is 16.9. The number of likely N-dealkylation sites (N-methyl/N-ethyl adjacent to an activating group) is 1. The zero-order valence-electron chi connectivity index (χ0n) is 14.8. The SMILES string of the molecule is CC1CN(C)c2ccccc2CN1C(=O)NCc1nnc2n1CCC2. The van der Waals surface area contributed by atoms with Crippen molar-refractivity contribution in [2.75, 3.05) is 18.5 Å². The van der Waals surface area contributed by atoms with Gasteiger partial charge in [-0.2, -0.15) is 0 Å². The predicted octanol–water partition coefficient (Wildman–Crippen LogP) is 1.77. The number of nitrogens with zero attached hydrogens (tertiary/aromatic N) is 5. The fourth-order valence-electron chi connectivity index (χ4n) is 3.82. The first-order valence-electron chi connectivity index (χ1n) is 8.88. The summed E-state index contributed by atoms with van der Waals surface area (Å²) in [5.41, 5.74) is 2.37. The number of carbonyl (C=O) groups is 1. The summed E-state index contributed by atoms with van der Waals surface area (Å²) in [7, 11) is 2.08. The Balaban J connectivity index is 1.47. The van der Waals surface area contributed by atoms with Crippen LogP contribution in [0.5, 0.6) is 0 Å². The van der Waals surface area contributed by atoms with Crippen LogP contribution in [0.1, 0.15) is 30.6 Å². The quantitative estimate of drug-likeness (QED) is 0.905. The Morgan fingerprint density at radius 3 is 3.04 bits per heavy atom. The van der Waals surface area contributed by atoms with Crippen molar-refractivity contribution >= 4 is 11.7 Å². The van der Waals surface area contributed by atoms with Crippen LogP contribution < -0.4 is 10.2 Å². The molecule has 0 saturated heterocycles. The molecule has 0 fully saturated rings. The highest BCUT2D eigenvalue weighted by Crippen LogP contribution is 2.26. The summed E-state index contributed by atoms with van der Waals surface area (Å²) in [6.07, 6.45) is 2.09. The fourth-order valence-corrected chi connectivity index (χ4v) is 3.82. The number of benzene rings is 1. The monoisotopic (exact) mass is 340 g/mol. The number of rotatable bonds is 2. The fraction of sp³-hybridized carbons (Fsp3) is 0.500. The van der Waals surface area contributed by atoms with E-state index in [2.05, 4.69) is 51.1 Å². The topological polar surface area (TPSA) is 66.3 Å². The van der Waals surface area contributed by atoms with Crippen molar-refractivity contribution in [2.24, 2.45) is 0 Å². The van der Waals surface area contributed by atoms with Crippen LogP contribution in [0.3, 0.4) is 0 Å². The molecule has 4 rings (SSSR count). The van der Waals surface area contributed by atoms with Crippen LogP contribution in [0.15, 0.2) is 24.3 Å². The molecule has 0 saturated carbocycles. The first-order chi connectivity index (χ1) is 12.1. The Labute approximate surface area is 147 Å². The second kappa shape index (κ2) is 6.38. The van der Waals surface area contributed by atoms with E-state index in [-0.39, 0.29) is 12.1 Å². The van der Waals surface area contributed by atoms with Crippen molar-refractivity contribution in [3.63, 3.8) is 0 Å². The lowest BCUT2D eigenvalue weighted by Crippen LogP contribution is -2.46. The zero-order valence-corrected chi connectivity index (χ0v) is 14.8. The molecule has 132 valence electrons. The number of amides is 2. The van der Waals surface area contributed by atoms with E-state index in [0.29, 0.717) is 13.1 Å². The van der Waals surface area contributed by atoms with Crippen LogP contribution in [0.4, 0.5) is 10.5 Å². The number of urea groups is 1. The largest absolute Gasteiger partial charge is 0.372 e. The van der Waals surface area contributed by atoms with E-state index >= 15 is 0 Å². The number of anilines is 1. The van der Waals surface area contributed by atoms with Crippen molar-refractivity contribution in [2.45, 2.75) is 45.4 Å². The average Bonchev–Trinajstić information content (AvgIpc) is 3.18. The molecule has 7 heteroatoms. The van der Waals surface area contributed by atoms with Gasteiger partial charge in [-0.05, 0) is 25.0 Å². The Bertz CT molecular complexity index is 786. The summed E-state index contributed by atoms with van der Waals surface area (Å²) in [6.45, 7) is 4.89. The Kier molecular flexibility index (Phi) is 4.07. The number of para-hydroxylation sites is 1. The van der Waals surface area contributed by atoms with Crippen LogP contribution in [0.2, 0.25) is 0 Å². The summed E-state index contributed by atoms with van der Waals surface area (Å²) >= 11 is 0. The molecule has 0 radical (unpaired) electrons. The van der Waals surface area contributed by atoms with Crippen LogP contribution in [-0.4, -0.2) is 45.3 Å². The summed E-state index contributed by atoms with van der Waals surface area (Å²) in [5.74, 6) is 1.88. The van der Waals surface area contributed by atoms with Crippen molar-refractivity contribution in [3.05, 3.63) is 41.5 Å². The van der Waals surface area contributed by atoms with Crippen LogP contribution in [0, 0.1) is 0 Å². The Hall–Kier alpha value is -2.57. The van der Waals surface area contributed by atoms with E-state index < -0.39 is 0 Å². The highest BCUT2D eigenvalue weighted by Gasteiger charge is 2.27. The lowest BCUT2D eigenvalue weighted by atomic mass is 10.1. The van der Waals surface area contributed by atoms with Gasteiger partial charge in [0.2, 0.25) is 0 Å². The molecule has 1 aromatic heterocycles. The van der Waals surface area contributed by atoms with E-state index in [4.69, 9.17) is 0 Å². The number of hydrogen-bond donors (Lipinski definition) is 1. The maximum Gasteiger partial charge on any atom is 0.318 e. The van der Waals surface area contributed by atoms with Crippen molar-refractivity contribution in [1.29, 1.82) is 0 Å². The second-order valence-corrected chi connectivity index (χ2v) is 6.93. The van der Waals surface area contributed by atoms with Gasteiger partial charge in [-0.1, -0.05) is 18.2 Å². The van der Waals surface area contributed by atoms with Crippen molar-refractivity contribution in [3.8, 4) is 0 Å². The minimum absolute atomic E-state index is 0.0482. The van der Waals surface area contributed by atoms with E-state index in [1.807, 2.05) is 17.0 Å². The highest BCUT2D eigenvalue weighted by molar-refractivity contribution is 5.75. The van der Waals surface area contributed by atoms with Gasteiger partial charge in [0.1, 0.15) is 5.82 Å². The van der Waals surface area contributed by atoms with Crippen LogP contribution in [-0.2, 0) is 26.1 Å². The molecule has 2 aliphatic rings. The van der Waals surface area contributed by atoms with Gasteiger partial charge in [0.05, 0.1) is 6.54 Å².